The van der Waals surface area contributed by atoms with E-state index in [1.54, 1.807) is 72.8 Å². The summed E-state index contributed by atoms with van der Waals surface area (Å²) < 4.78 is 10.9. The zero-order chi connectivity index (χ0) is 45.9. The highest BCUT2D eigenvalue weighted by Gasteiger charge is 2.59. The Hall–Kier alpha value is -8.18. The molecular formula is C48H44N6O10. The number of nitrogens with one attached hydrogen (secondary N) is 2. The Morgan fingerprint density at radius 3 is 1.28 bits per heavy atom. The molecule has 2 aliphatic heterocycles. The van der Waals surface area contributed by atoms with Gasteiger partial charge in [-0.05, 0) is 72.8 Å². The van der Waals surface area contributed by atoms with E-state index >= 15 is 0 Å². The third kappa shape index (κ3) is 10.1. The number of fused-ring (bicyclic) bond motifs is 1. The summed E-state index contributed by atoms with van der Waals surface area (Å²) in [7, 11) is 0. The van der Waals surface area contributed by atoms with Crippen LogP contribution < -0.4 is 10.6 Å². The van der Waals surface area contributed by atoms with Gasteiger partial charge in [-0.3, -0.25) is 29.2 Å². The molecule has 16 heteroatoms. The quantitative estimate of drug-likeness (QED) is 0.0633. The molecule has 2 aliphatic rings. The number of carbonyl (C=O) groups is 6. The van der Waals surface area contributed by atoms with Gasteiger partial charge in [0.1, 0.15) is 37.8 Å². The normalized spacial score (nSPS) is 16.2. The van der Waals surface area contributed by atoms with Gasteiger partial charge >= 0.3 is 24.0 Å². The fourth-order valence-electron chi connectivity index (χ4n) is 7.26. The summed E-state index contributed by atoms with van der Waals surface area (Å²) in [5.74, 6) is 1.95. The van der Waals surface area contributed by atoms with Crippen molar-refractivity contribution in [1.82, 2.24) is 19.6 Å². The van der Waals surface area contributed by atoms with Crippen LogP contribution in [0.15, 0.2) is 122 Å². The van der Waals surface area contributed by atoms with E-state index in [1.807, 2.05) is 0 Å². The lowest BCUT2D eigenvalue weighted by molar-refractivity contribution is 0.0110. The smallest absolute Gasteiger partial charge is 0.339 e. The van der Waals surface area contributed by atoms with Crippen molar-refractivity contribution < 1.29 is 48.5 Å². The van der Waals surface area contributed by atoms with Gasteiger partial charge in [0, 0.05) is 35.6 Å². The summed E-state index contributed by atoms with van der Waals surface area (Å²) in [6, 6.07) is 23.8. The number of rotatable bonds is 18. The molecule has 0 saturated carbocycles. The summed E-state index contributed by atoms with van der Waals surface area (Å²) in [5, 5.41) is 27.8. The van der Waals surface area contributed by atoms with Gasteiger partial charge < -0.3 is 30.3 Å². The van der Waals surface area contributed by atoms with Crippen molar-refractivity contribution >= 4 is 47.2 Å². The summed E-state index contributed by atoms with van der Waals surface area (Å²) in [6.07, 6.45) is 8.78. The predicted molar refractivity (Wildman–Crippen MR) is 236 cm³/mol. The average Bonchev–Trinajstić information content (AvgIpc) is 3.72. The molecule has 0 spiro atoms. The van der Waals surface area contributed by atoms with Crippen molar-refractivity contribution in [2.45, 2.75) is 24.5 Å². The van der Waals surface area contributed by atoms with Crippen LogP contribution in [-0.2, 0) is 9.47 Å². The molecule has 0 bridgehead atoms. The van der Waals surface area contributed by atoms with E-state index in [0.717, 1.165) is 0 Å². The number of terminal acetylenes is 2. The van der Waals surface area contributed by atoms with Crippen molar-refractivity contribution in [3.05, 3.63) is 156 Å². The summed E-state index contributed by atoms with van der Waals surface area (Å²) in [4.78, 5) is 86.1. The van der Waals surface area contributed by atoms with Gasteiger partial charge in [-0.25, -0.2) is 19.2 Å². The first-order valence-corrected chi connectivity index (χ1v) is 19.9. The molecule has 0 aliphatic carbocycles. The highest BCUT2D eigenvalue weighted by molar-refractivity contribution is 6.12. The molecule has 326 valence electrons. The summed E-state index contributed by atoms with van der Waals surface area (Å²) in [6.45, 7) is 5.42. The van der Waals surface area contributed by atoms with Crippen molar-refractivity contribution in [2.75, 3.05) is 50.0 Å². The number of esters is 2. The topological polar surface area (TPSA) is 198 Å². The minimum atomic E-state index is -1.48. The van der Waals surface area contributed by atoms with Gasteiger partial charge in [0.2, 0.25) is 0 Å². The molecule has 2 heterocycles. The maximum Gasteiger partial charge on any atom is 0.339 e. The number of amides is 6. The van der Waals surface area contributed by atoms with Crippen LogP contribution in [0, 0.1) is 24.7 Å². The van der Waals surface area contributed by atoms with Crippen molar-refractivity contribution in [3.63, 3.8) is 0 Å². The molecule has 0 aromatic heterocycles. The van der Waals surface area contributed by atoms with E-state index < -0.39 is 86.7 Å². The number of urea groups is 2. The van der Waals surface area contributed by atoms with E-state index in [-0.39, 0.29) is 35.3 Å². The third-order valence-electron chi connectivity index (χ3n) is 10.2. The molecule has 6 amide bonds. The fraction of sp³-hybridized carbons (Fsp3) is 0.208. The molecule has 2 fully saturated rings. The Kier molecular flexibility index (Phi) is 14.6. The monoisotopic (exact) mass is 864 g/mol. The van der Waals surface area contributed by atoms with Crippen LogP contribution >= 0.6 is 0 Å². The standard InChI is InChI=1S/C48H44N6O10/c1-5-25-51-43-44(52(26-6-2)47(51)61)54(28-36(56)30-64-46(60)40-16-12-10-14-38(40)42(58)50-34-23-19-32(8-4)20-24-34)48(62)53(43)27-35(55)29-63-45(59)39-15-11-9-13-37(39)41(57)49-33-21-17-31(7-3)18-22-33/h3-6,9-24,35-36,43-44,55-56H,1-2,25-30H2,(H,49,57)(H,50,58). The zero-order valence-corrected chi connectivity index (χ0v) is 34.5. The number of benzene rings is 4. The summed E-state index contributed by atoms with van der Waals surface area (Å²) >= 11 is 0. The van der Waals surface area contributed by atoms with Crippen LogP contribution in [0.2, 0.25) is 0 Å². The Morgan fingerprint density at radius 1 is 0.594 bits per heavy atom. The molecule has 4 unspecified atom stereocenters. The minimum absolute atomic E-state index is 0.00477. The van der Waals surface area contributed by atoms with Crippen molar-refractivity contribution in [1.29, 1.82) is 0 Å². The predicted octanol–water partition coefficient (Wildman–Crippen LogP) is 4.39. The molecule has 0 radical (unpaired) electrons. The lowest BCUT2D eigenvalue weighted by Crippen LogP contribution is -2.50. The Morgan fingerprint density at radius 2 is 0.938 bits per heavy atom. The lowest BCUT2D eigenvalue weighted by Gasteiger charge is -2.30. The number of ether oxygens (including phenoxy) is 2. The number of carbonyl (C=O) groups excluding carboxylic acids is 6. The van der Waals surface area contributed by atoms with Crippen molar-refractivity contribution in [3.8, 4) is 24.7 Å². The van der Waals surface area contributed by atoms with Gasteiger partial charge in [-0.1, -0.05) is 48.3 Å². The Bertz CT molecular complexity index is 2360. The second-order valence-electron chi connectivity index (χ2n) is 14.5. The number of anilines is 2. The zero-order valence-electron chi connectivity index (χ0n) is 34.5. The summed E-state index contributed by atoms with van der Waals surface area (Å²) in [5.41, 5.74) is 1.96. The number of hydrogen-bond acceptors (Lipinski definition) is 10. The number of nitrogens with zero attached hydrogens (tertiary/aromatic N) is 4. The molecule has 4 aromatic rings. The first-order valence-electron chi connectivity index (χ1n) is 19.9. The van der Waals surface area contributed by atoms with Crippen LogP contribution in [-0.4, -0.2) is 130 Å². The minimum Gasteiger partial charge on any atom is -0.459 e. The molecular weight excluding hydrogens is 821 g/mol. The average molecular weight is 865 g/mol. The van der Waals surface area contributed by atoms with Gasteiger partial charge in [0.15, 0.2) is 0 Å². The van der Waals surface area contributed by atoms with Gasteiger partial charge in [-0.2, -0.15) is 0 Å². The second kappa shape index (κ2) is 20.6. The molecule has 4 N–H and O–H groups in total. The Balaban J connectivity index is 1.12. The maximum atomic E-state index is 14.2. The molecule has 4 atom stereocenters. The van der Waals surface area contributed by atoms with Gasteiger partial charge in [0.05, 0.1) is 35.3 Å². The molecule has 64 heavy (non-hydrogen) atoms. The number of β-amino-alcohol motifs (C(OH)–C–C–N with tert-alkyl or cyclic N) is 2. The van der Waals surface area contributed by atoms with Gasteiger partial charge in [-0.15, -0.1) is 26.0 Å². The largest absolute Gasteiger partial charge is 0.459 e. The highest BCUT2D eigenvalue weighted by atomic mass is 16.5. The lowest BCUT2D eigenvalue weighted by atomic mass is 10.1. The number of aliphatic hydroxyl groups is 2. The first-order chi connectivity index (χ1) is 30.9. The van der Waals surface area contributed by atoms with Crippen LogP contribution in [0.1, 0.15) is 52.6 Å². The van der Waals surface area contributed by atoms with E-state index in [1.165, 1.54) is 56.0 Å². The Labute approximate surface area is 369 Å². The molecule has 4 aromatic carbocycles. The van der Waals surface area contributed by atoms with Crippen LogP contribution in [0.5, 0.6) is 0 Å². The number of aliphatic hydroxyl groups excluding tert-OH is 2. The highest BCUT2D eigenvalue weighted by Crippen LogP contribution is 2.35. The molecule has 2 saturated heterocycles. The van der Waals surface area contributed by atoms with E-state index in [9.17, 15) is 39.0 Å². The van der Waals surface area contributed by atoms with E-state index in [0.29, 0.717) is 22.5 Å². The van der Waals surface area contributed by atoms with Gasteiger partial charge in [0.25, 0.3) is 11.8 Å². The van der Waals surface area contributed by atoms with Crippen molar-refractivity contribution in [2.24, 2.45) is 0 Å². The molecule has 6 rings (SSSR count). The van der Waals surface area contributed by atoms with Crippen LogP contribution in [0.3, 0.4) is 0 Å². The van der Waals surface area contributed by atoms with E-state index in [2.05, 4.69) is 35.6 Å². The van der Waals surface area contributed by atoms with E-state index in [4.69, 9.17) is 22.3 Å². The number of hydrogen-bond donors (Lipinski definition) is 4. The molecule has 16 nitrogen and oxygen atoms in total. The maximum absolute atomic E-state index is 14.2. The SMILES string of the molecule is C#Cc1ccc(NC(=O)c2ccccc2C(=O)OCC(O)CN2C(=O)N(CC(O)COC(=O)c3ccccc3C(=O)Nc3ccc(C#C)cc3)C3C2N(CC=C)C(=O)N3CC=C)cc1. The fourth-order valence-corrected chi connectivity index (χ4v) is 7.26. The van der Waals surface area contributed by atoms with Crippen LogP contribution in [0.4, 0.5) is 21.0 Å². The van der Waals surface area contributed by atoms with Crippen LogP contribution in [0.25, 0.3) is 0 Å². The third-order valence-corrected chi connectivity index (χ3v) is 10.2. The second-order valence-corrected chi connectivity index (χ2v) is 14.5. The first kappa shape index (κ1) is 45.3.